The minimum absolute atomic E-state index is 0.176. The highest BCUT2D eigenvalue weighted by Gasteiger charge is 2.25. The number of nitrogens with zero attached hydrogens (tertiary/aromatic N) is 1. The van der Waals surface area contributed by atoms with E-state index in [1.54, 1.807) is 6.92 Å². The number of carbonyl (C=O) groups excluding carboxylic acids is 1. The van der Waals surface area contributed by atoms with Crippen LogP contribution in [0, 0.1) is 0 Å². The Hall–Kier alpha value is -1.61. The molecule has 1 aromatic rings. The molecule has 0 fully saturated rings. The van der Waals surface area contributed by atoms with E-state index in [0.717, 1.165) is 5.56 Å². The zero-order chi connectivity index (χ0) is 10.8. The van der Waals surface area contributed by atoms with Gasteiger partial charge in [-0.05, 0) is 19.1 Å². The fraction of sp³-hybridized carbons (Fsp3) is 0.0909. The average molecular weight is 222 g/mol. The number of hydrogen-bond donors (Lipinski definition) is 0. The molecule has 0 aliphatic carbocycles. The first kappa shape index (κ1) is 9.93. The van der Waals surface area contributed by atoms with Crippen molar-refractivity contribution in [2.24, 2.45) is 4.99 Å². The Morgan fingerprint density at radius 2 is 2.00 bits per heavy atom. The Bertz CT molecular complexity index is 459. The second-order valence-corrected chi connectivity index (χ2v) is 3.62. The van der Waals surface area contributed by atoms with E-state index in [2.05, 4.69) is 4.99 Å². The SMILES string of the molecule is C/C(Cl)=C1/N=C(c2ccccc2)OC1=O. The highest BCUT2D eigenvalue weighted by Crippen LogP contribution is 2.20. The summed E-state index contributed by atoms with van der Waals surface area (Å²) in [5.41, 5.74) is 0.939. The van der Waals surface area contributed by atoms with Crippen molar-refractivity contribution in [1.29, 1.82) is 0 Å². The van der Waals surface area contributed by atoms with Crippen LogP contribution >= 0.6 is 11.6 Å². The van der Waals surface area contributed by atoms with Gasteiger partial charge >= 0.3 is 5.97 Å². The predicted octanol–water partition coefficient (Wildman–Crippen LogP) is 2.46. The largest absolute Gasteiger partial charge is 0.402 e. The van der Waals surface area contributed by atoms with Crippen LogP contribution in [0.2, 0.25) is 0 Å². The van der Waals surface area contributed by atoms with Crippen molar-refractivity contribution in [1.82, 2.24) is 0 Å². The molecule has 1 aromatic carbocycles. The topological polar surface area (TPSA) is 38.7 Å². The van der Waals surface area contributed by atoms with Gasteiger partial charge < -0.3 is 4.74 Å². The predicted molar refractivity (Wildman–Crippen MR) is 57.6 cm³/mol. The maximum Gasteiger partial charge on any atom is 0.365 e. The van der Waals surface area contributed by atoms with Gasteiger partial charge in [0.2, 0.25) is 5.90 Å². The summed E-state index contributed by atoms with van der Waals surface area (Å²) in [5, 5.41) is 0.339. The number of carbonyl (C=O) groups is 1. The Kier molecular flexibility index (Phi) is 2.56. The van der Waals surface area contributed by atoms with Crippen LogP contribution in [0.25, 0.3) is 0 Å². The van der Waals surface area contributed by atoms with Crippen LogP contribution in [0.3, 0.4) is 0 Å². The van der Waals surface area contributed by atoms with Crippen LogP contribution < -0.4 is 0 Å². The fourth-order valence-corrected chi connectivity index (χ4v) is 1.35. The van der Waals surface area contributed by atoms with Crippen molar-refractivity contribution < 1.29 is 9.53 Å². The molecule has 3 nitrogen and oxygen atoms in total. The highest BCUT2D eigenvalue weighted by molar-refractivity contribution is 6.32. The molecule has 0 aromatic heterocycles. The second kappa shape index (κ2) is 3.87. The summed E-state index contributed by atoms with van der Waals surface area (Å²) in [6, 6.07) is 9.21. The Balaban J connectivity index is 2.40. The van der Waals surface area contributed by atoms with Gasteiger partial charge in [0.1, 0.15) is 0 Å². The van der Waals surface area contributed by atoms with Crippen LogP contribution in [0.15, 0.2) is 46.1 Å². The molecular formula is C11H8ClNO2. The van der Waals surface area contributed by atoms with Crippen molar-refractivity contribution in [3.05, 3.63) is 46.6 Å². The minimum Gasteiger partial charge on any atom is -0.402 e. The van der Waals surface area contributed by atoms with Crippen molar-refractivity contribution in [3.8, 4) is 0 Å². The quantitative estimate of drug-likeness (QED) is 0.540. The number of benzene rings is 1. The maximum atomic E-state index is 11.3. The second-order valence-electron chi connectivity index (χ2n) is 3.05. The van der Waals surface area contributed by atoms with Crippen LogP contribution in [0.5, 0.6) is 0 Å². The third-order valence-corrected chi connectivity index (χ3v) is 2.12. The summed E-state index contributed by atoms with van der Waals surface area (Å²) >= 11 is 5.70. The van der Waals surface area contributed by atoms with Crippen LogP contribution in [-0.2, 0) is 9.53 Å². The van der Waals surface area contributed by atoms with E-state index in [1.165, 1.54) is 0 Å². The number of rotatable bonds is 1. The number of ether oxygens (including phenoxy) is 1. The lowest BCUT2D eigenvalue weighted by Crippen LogP contribution is -2.05. The van der Waals surface area contributed by atoms with Crippen molar-refractivity contribution in [2.75, 3.05) is 0 Å². The van der Waals surface area contributed by atoms with E-state index < -0.39 is 5.97 Å². The molecule has 1 heterocycles. The molecule has 15 heavy (non-hydrogen) atoms. The number of hydrogen-bond acceptors (Lipinski definition) is 3. The van der Waals surface area contributed by atoms with Crippen LogP contribution in [-0.4, -0.2) is 11.9 Å². The van der Waals surface area contributed by atoms with Gasteiger partial charge in [0.15, 0.2) is 5.70 Å². The standard InChI is InChI=1S/C11H8ClNO2/c1-7(12)9-11(14)15-10(13-9)8-5-3-2-4-6-8/h2-6H,1H3/b9-7-. The molecule has 2 rings (SSSR count). The molecule has 4 heteroatoms. The van der Waals surface area contributed by atoms with Crippen molar-refractivity contribution in [2.45, 2.75) is 6.92 Å². The molecule has 0 spiro atoms. The maximum absolute atomic E-state index is 11.3. The normalized spacial score (nSPS) is 18.5. The third kappa shape index (κ3) is 1.92. The summed E-state index contributed by atoms with van der Waals surface area (Å²) < 4.78 is 4.99. The zero-order valence-corrected chi connectivity index (χ0v) is 8.78. The molecule has 0 unspecified atom stereocenters. The van der Waals surface area contributed by atoms with E-state index in [-0.39, 0.29) is 5.70 Å². The number of cyclic esters (lactones) is 1. The van der Waals surface area contributed by atoms with Gasteiger partial charge in [0.25, 0.3) is 0 Å². The zero-order valence-electron chi connectivity index (χ0n) is 8.03. The van der Waals surface area contributed by atoms with E-state index in [1.807, 2.05) is 30.3 Å². The van der Waals surface area contributed by atoms with Gasteiger partial charge in [-0.3, -0.25) is 0 Å². The lowest BCUT2D eigenvalue weighted by molar-refractivity contribution is -0.130. The minimum atomic E-state index is -0.499. The average Bonchev–Trinajstić information content (AvgIpc) is 2.62. The molecule has 0 atom stereocenters. The molecule has 0 N–H and O–H groups in total. The highest BCUT2D eigenvalue weighted by atomic mass is 35.5. The smallest absolute Gasteiger partial charge is 0.365 e. The number of allylic oxidation sites excluding steroid dienone is 1. The molecule has 1 aliphatic heterocycles. The summed E-state index contributed by atoms with van der Waals surface area (Å²) in [6.07, 6.45) is 0. The van der Waals surface area contributed by atoms with Gasteiger partial charge in [0.05, 0.1) is 0 Å². The van der Waals surface area contributed by atoms with Crippen molar-refractivity contribution in [3.63, 3.8) is 0 Å². The molecule has 0 bridgehead atoms. The van der Waals surface area contributed by atoms with Gasteiger partial charge in [-0.25, -0.2) is 9.79 Å². The third-order valence-electron chi connectivity index (χ3n) is 1.94. The van der Waals surface area contributed by atoms with Gasteiger partial charge in [0, 0.05) is 10.6 Å². The van der Waals surface area contributed by atoms with Gasteiger partial charge in [-0.2, -0.15) is 0 Å². The van der Waals surface area contributed by atoms with E-state index in [9.17, 15) is 4.79 Å². The molecule has 1 aliphatic rings. The Morgan fingerprint density at radius 1 is 1.33 bits per heavy atom. The van der Waals surface area contributed by atoms with Gasteiger partial charge in [-0.15, -0.1) is 0 Å². The summed E-state index contributed by atoms with van der Waals surface area (Å²) in [5.74, 6) is -0.197. The lowest BCUT2D eigenvalue weighted by atomic mass is 10.2. The van der Waals surface area contributed by atoms with Crippen molar-refractivity contribution >= 4 is 23.5 Å². The number of halogens is 1. The van der Waals surface area contributed by atoms with Gasteiger partial charge in [-0.1, -0.05) is 29.8 Å². The van der Waals surface area contributed by atoms with Crippen LogP contribution in [0.4, 0.5) is 0 Å². The summed E-state index contributed by atoms with van der Waals surface area (Å²) in [7, 11) is 0. The molecule has 0 saturated carbocycles. The Labute approximate surface area is 92.0 Å². The van der Waals surface area contributed by atoms with E-state index >= 15 is 0 Å². The molecule has 76 valence electrons. The summed E-state index contributed by atoms with van der Waals surface area (Å²) in [4.78, 5) is 15.4. The molecule has 0 amide bonds. The Morgan fingerprint density at radius 3 is 2.53 bits per heavy atom. The molecule has 0 saturated heterocycles. The number of esters is 1. The molecule has 0 radical (unpaired) electrons. The van der Waals surface area contributed by atoms with Crippen LogP contribution in [0.1, 0.15) is 12.5 Å². The molecular weight excluding hydrogens is 214 g/mol. The summed E-state index contributed by atoms with van der Waals surface area (Å²) in [6.45, 7) is 1.61. The van der Waals surface area contributed by atoms with E-state index in [0.29, 0.717) is 10.9 Å². The number of aliphatic imine (C=N–C) groups is 1. The first-order chi connectivity index (χ1) is 7.18. The first-order valence-corrected chi connectivity index (χ1v) is 4.79. The van der Waals surface area contributed by atoms with E-state index in [4.69, 9.17) is 16.3 Å². The monoisotopic (exact) mass is 221 g/mol. The first-order valence-electron chi connectivity index (χ1n) is 4.41. The lowest BCUT2D eigenvalue weighted by Gasteiger charge is -1.97. The fourth-order valence-electron chi connectivity index (χ4n) is 1.23.